The average molecular weight is 715 g/mol. The summed E-state index contributed by atoms with van der Waals surface area (Å²) in [5.74, 6) is 1.94. The molecule has 0 N–H and O–H groups in total. The Morgan fingerprint density at radius 3 is 1.27 bits per heavy atom. The van der Waals surface area contributed by atoms with E-state index in [1.54, 1.807) is 0 Å². The summed E-state index contributed by atoms with van der Waals surface area (Å²) in [5, 5.41) is 3.48. The van der Waals surface area contributed by atoms with Crippen LogP contribution in [0.5, 0.6) is 0 Å². The standard InChI is InChI=1S/C52H34N4/c1-5-15-36(16-6-1)44-25-14-26-45-48(44)46-34-43(31-32-47(46)53-49(45)37-17-7-2-8-18-37)42-24-13-23-41(33-42)35-27-29-40(30-28-35)52-55-50(38-19-9-3-10-20-38)54-51(56-52)39-21-11-4-12-22-39/h1-34H. The van der Waals surface area contributed by atoms with E-state index in [2.05, 4.69) is 146 Å². The van der Waals surface area contributed by atoms with Gasteiger partial charge in [0.15, 0.2) is 17.5 Å². The van der Waals surface area contributed by atoms with Gasteiger partial charge in [0.1, 0.15) is 0 Å². The van der Waals surface area contributed by atoms with Gasteiger partial charge in [0.25, 0.3) is 0 Å². The van der Waals surface area contributed by atoms with E-state index in [-0.39, 0.29) is 0 Å². The van der Waals surface area contributed by atoms with Gasteiger partial charge in [-0.15, -0.1) is 0 Å². The zero-order chi connectivity index (χ0) is 37.3. The number of pyridine rings is 1. The number of nitrogens with zero attached hydrogens (tertiary/aromatic N) is 4. The molecule has 0 fully saturated rings. The van der Waals surface area contributed by atoms with Gasteiger partial charge in [-0.05, 0) is 51.6 Å². The van der Waals surface area contributed by atoms with Crippen LogP contribution >= 0.6 is 0 Å². The van der Waals surface area contributed by atoms with E-state index in [9.17, 15) is 0 Å². The Balaban J connectivity index is 1.04. The first-order valence-corrected chi connectivity index (χ1v) is 18.8. The highest BCUT2D eigenvalue weighted by Crippen LogP contribution is 2.40. The fraction of sp³-hybridized carbons (Fsp3) is 0. The highest BCUT2D eigenvalue weighted by atomic mass is 15.0. The van der Waals surface area contributed by atoms with Crippen LogP contribution in [0, 0.1) is 0 Å². The fourth-order valence-electron chi connectivity index (χ4n) is 7.54. The van der Waals surface area contributed by atoms with E-state index < -0.39 is 0 Å². The second-order valence-corrected chi connectivity index (χ2v) is 13.8. The molecule has 4 nitrogen and oxygen atoms in total. The number of aromatic nitrogens is 4. The maximum absolute atomic E-state index is 5.27. The third-order valence-corrected chi connectivity index (χ3v) is 10.3. The van der Waals surface area contributed by atoms with Crippen molar-refractivity contribution in [1.82, 2.24) is 19.9 Å². The first kappa shape index (κ1) is 33.0. The number of benzene rings is 8. The second-order valence-electron chi connectivity index (χ2n) is 13.8. The maximum Gasteiger partial charge on any atom is 0.164 e. The van der Waals surface area contributed by atoms with Crippen molar-refractivity contribution >= 4 is 21.7 Å². The Hall–Kier alpha value is -7.56. The highest BCUT2D eigenvalue weighted by molar-refractivity contribution is 6.17. The summed E-state index contributed by atoms with van der Waals surface area (Å²) >= 11 is 0. The van der Waals surface area contributed by atoms with Gasteiger partial charge in [-0.25, -0.2) is 19.9 Å². The van der Waals surface area contributed by atoms with Gasteiger partial charge >= 0.3 is 0 Å². The number of hydrogen-bond acceptors (Lipinski definition) is 4. The second kappa shape index (κ2) is 14.3. The minimum absolute atomic E-state index is 0.639. The molecule has 0 amide bonds. The lowest BCUT2D eigenvalue weighted by molar-refractivity contribution is 1.07. The van der Waals surface area contributed by atoms with Gasteiger partial charge in [-0.1, -0.05) is 188 Å². The molecule has 0 aliphatic rings. The molecule has 0 bridgehead atoms. The first-order chi connectivity index (χ1) is 27.7. The van der Waals surface area contributed by atoms with Gasteiger partial charge < -0.3 is 0 Å². The summed E-state index contributed by atoms with van der Waals surface area (Å²) in [6.07, 6.45) is 0. The highest BCUT2D eigenvalue weighted by Gasteiger charge is 2.16. The first-order valence-electron chi connectivity index (χ1n) is 18.8. The zero-order valence-electron chi connectivity index (χ0n) is 30.4. The summed E-state index contributed by atoms with van der Waals surface area (Å²) in [4.78, 5) is 20.0. The Morgan fingerprint density at radius 2 is 0.679 bits per heavy atom. The number of hydrogen-bond donors (Lipinski definition) is 0. The summed E-state index contributed by atoms with van der Waals surface area (Å²) in [7, 11) is 0. The van der Waals surface area contributed by atoms with Crippen molar-refractivity contribution in [3.05, 3.63) is 206 Å². The molecule has 0 radical (unpaired) electrons. The monoisotopic (exact) mass is 714 g/mol. The average Bonchev–Trinajstić information content (AvgIpc) is 3.29. The van der Waals surface area contributed by atoms with E-state index in [4.69, 9.17) is 19.9 Å². The van der Waals surface area contributed by atoms with Gasteiger partial charge in [0.2, 0.25) is 0 Å². The van der Waals surface area contributed by atoms with Crippen molar-refractivity contribution in [1.29, 1.82) is 0 Å². The molecule has 4 heteroatoms. The molecule has 0 unspecified atom stereocenters. The third-order valence-electron chi connectivity index (χ3n) is 10.3. The molecule has 0 aliphatic carbocycles. The molecular weight excluding hydrogens is 681 g/mol. The summed E-state index contributed by atoms with van der Waals surface area (Å²) < 4.78 is 0. The smallest absolute Gasteiger partial charge is 0.164 e. The van der Waals surface area contributed by atoms with Crippen LogP contribution in [0.15, 0.2) is 206 Å². The molecule has 0 spiro atoms. The van der Waals surface area contributed by atoms with Gasteiger partial charge in [-0.2, -0.15) is 0 Å². The molecule has 0 aliphatic heterocycles. The maximum atomic E-state index is 5.27. The van der Waals surface area contributed by atoms with E-state index in [0.717, 1.165) is 66.5 Å². The van der Waals surface area contributed by atoms with E-state index in [0.29, 0.717) is 17.5 Å². The topological polar surface area (TPSA) is 51.6 Å². The quantitative estimate of drug-likeness (QED) is 0.154. The van der Waals surface area contributed by atoms with Crippen LogP contribution < -0.4 is 0 Å². The van der Waals surface area contributed by atoms with Crippen LogP contribution in [0.3, 0.4) is 0 Å². The molecule has 0 saturated heterocycles. The van der Waals surface area contributed by atoms with Gasteiger partial charge in [0, 0.05) is 38.4 Å². The molecular formula is C52H34N4. The molecule has 10 aromatic rings. The molecule has 2 aromatic heterocycles. The van der Waals surface area contributed by atoms with Crippen LogP contribution in [0.25, 0.3) is 100 Å². The lowest BCUT2D eigenvalue weighted by Gasteiger charge is -2.15. The van der Waals surface area contributed by atoms with Crippen molar-refractivity contribution in [2.45, 2.75) is 0 Å². The molecule has 0 saturated carbocycles. The third kappa shape index (κ3) is 6.29. The zero-order valence-corrected chi connectivity index (χ0v) is 30.4. The Bertz CT molecular complexity index is 2930. The summed E-state index contributed by atoms with van der Waals surface area (Å²) in [6.45, 7) is 0. The molecule has 262 valence electrons. The van der Waals surface area contributed by atoms with Crippen LogP contribution in [-0.2, 0) is 0 Å². The number of rotatable bonds is 7. The number of fused-ring (bicyclic) bond motifs is 3. The van der Waals surface area contributed by atoms with Crippen molar-refractivity contribution in [3.8, 4) is 78.8 Å². The Kier molecular flexibility index (Phi) is 8.47. The lowest BCUT2D eigenvalue weighted by atomic mass is 9.91. The van der Waals surface area contributed by atoms with Gasteiger partial charge in [-0.3, -0.25) is 0 Å². The van der Waals surface area contributed by atoms with Crippen molar-refractivity contribution in [2.24, 2.45) is 0 Å². The molecule has 2 heterocycles. The Morgan fingerprint density at radius 1 is 0.250 bits per heavy atom. The summed E-state index contributed by atoms with van der Waals surface area (Å²) in [6, 6.07) is 71.8. The minimum Gasteiger partial charge on any atom is -0.247 e. The van der Waals surface area contributed by atoms with E-state index in [1.807, 2.05) is 60.7 Å². The van der Waals surface area contributed by atoms with Gasteiger partial charge in [0.05, 0.1) is 11.2 Å². The predicted octanol–water partition coefficient (Wildman–Crippen LogP) is 13.2. The van der Waals surface area contributed by atoms with E-state index >= 15 is 0 Å². The Labute approximate surface area is 325 Å². The molecule has 56 heavy (non-hydrogen) atoms. The van der Waals surface area contributed by atoms with Crippen LogP contribution in [0.4, 0.5) is 0 Å². The molecule has 0 atom stereocenters. The molecule has 10 rings (SSSR count). The predicted molar refractivity (Wildman–Crippen MR) is 231 cm³/mol. The minimum atomic E-state index is 0.639. The SMILES string of the molecule is c1ccc(-c2nc(-c3ccccc3)nc(-c3ccc(-c4cccc(-c5ccc6nc(-c7ccccc7)c7cccc(-c8ccccc8)c7c6c5)c4)cc3)n2)cc1. The normalized spacial score (nSPS) is 11.2. The fourth-order valence-corrected chi connectivity index (χ4v) is 7.54. The largest absolute Gasteiger partial charge is 0.247 e. The molecule has 8 aromatic carbocycles. The van der Waals surface area contributed by atoms with Crippen LogP contribution in [0.1, 0.15) is 0 Å². The van der Waals surface area contributed by atoms with Crippen molar-refractivity contribution < 1.29 is 0 Å². The van der Waals surface area contributed by atoms with Crippen molar-refractivity contribution in [3.63, 3.8) is 0 Å². The van der Waals surface area contributed by atoms with E-state index in [1.165, 1.54) is 16.5 Å². The van der Waals surface area contributed by atoms with Crippen molar-refractivity contribution in [2.75, 3.05) is 0 Å². The lowest BCUT2D eigenvalue weighted by Crippen LogP contribution is -2.00. The van der Waals surface area contributed by atoms with Crippen LogP contribution in [-0.4, -0.2) is 19.9 Å². The van der Waals surface area contributed by atoms with Crippen LogP contribution in [0.2, 0.25) is 0 Å². The summed E-state index contributed by atoms with van der Waals surface area (Å²) in [5.41, 5.74) is 12.8.